The van der Waals surface area contributed by atoms with Gasteiger partial charge in [-0.2, -0.15) is 0 Å². The average molecular weight is 792 g/mol. The number of nitrogens with one attached hydrogen (secondary N) is 3. The van der Waals surface area contributed by atoms with Gasteiger partial charge in [0.25, 0.3) is 5.91 Å². The van der Waals surface area contributed by atoms with Crippen molar-refractivity contribution in [2.24, 2.45) is 0 Å². The van der Waals surface area contributed by atoms with Gasteiger partial charge in [0.1, 0.15) is 23.2 Å². The number of phenols is 2. The number of fused-ring (bicyclic) bond motifs is 1. The fourth-order valence-corrected chi connectivity index (χ4v) is 6.38. The largest absolute Gasteiger partial charge is 0.547 e. The lowest BCUT2D eigenvalue weighted by molar-refractivity contribution is -0.153. The molecule has 0 saturated carbocycles. The van der Waals surface area contributed by atoms with Crippen molar-refractivity contribution < 1.29 is 72.5 Å². The number of benzene rings is 3. The molecule has 0 aromatic heterocycles. The predicted octanol–water partition coefficient (Wildman–Crippen LogP) is -0.617. The van der Waals surface area contributed by atoms with E-state index >= 15 is 0 Å². The number of carbonyl (C=O) groups is 6. The van der Waals surface area contributed by atoms with Crippen molar-refractivity contribution >= 4 is 67.2 Å². The number of piperazine rings is 1. The molecule has 3 aromatic carbocycles. The molecule has 1 saturated heterocycles. The van der Waals surface area contributed by atoms with Gasteiger partial charge >= 0.3 is 38.5 Å². The van der Waals surface area contributed by atoms with Crippen molar-refractivity contribution in [1.82, 2.24) is 25.8 Å². The van der Waals surface area contributed by atoms with Gasteiger partial charge in [0.2, 0.25) is 5.91 Å². The number of urea groups is 1. The minimum absolute atomic E-state index is 0.0601. The number of carboxylic acid groups (broad SMARTS) is 1. The van der Waals surface area contributed by atoms with Crippen LogP contribution in [0.4, 0.5) is 9.18 Å². The summed E-state index contributed by atoms with van der Waals surface area (Å²) >= 11 is 5.90. The standard InChI is InChI=1S/C31H29BClFN5O14P/c33-22-17(6-8-19(40)24(22)41)26(42)35-9-10-38-11-12-39(29(45)28(38)44)31(48)37-23(14-1-4-16(5-2-14)54(50,51)52)27(43)36-20-13-15-3-7-18(34)21(30(46)47)25(15)53-32(20)49/h1-8,20,23,40-41,49H,9-13H2,(H,35,42)(H,36,43)(H,37,48)(H,46,47)(H2,50,51,52)/t20-,23?/m0/s1. The maximum absolute atomic E-state index is 14.2. The second kappa shape index (κ2) is 15.7. The van der Waals surface area contributed by atoms with Crippen molar-refractivity contribution in [3.05, 3.63) is 81.6 Å². The lowest BCUT2D eigenvalue weighted by Crippen LogP contribution is -2.60. The zero-order valence-corrected chi connectivity index (χ0v) is 29.1. The molecule has 2 aliphatic rings. The molecular formula is C31H29BClFN5O14P. The van der Waals surface area contributed by atoms with Crippen molar-refractivity contribution in [3.63, 3.8) is 0 Å². The van der Waals surface area contributed by atoms with E-state index in [4.69, 9.17) is 16.3 Å². The molecule has 2 atom stereocenters. The smallest absolute Gasteiger partial charge is 0.534 e. The summed E-state index contributed by atoms with van der Waals surface area (Å²) in [6.07, 6.45) is -0.263. The van der Waals surface area contributed by atoms with Crippen LogP contribution in [0.1, 0.15) is 37.9 Å². The van der Waals surface area contributed by atoms with Gasteiger partial charge in [-0.05, 0) is 47.9 Å². The number of rotatable bonds is 10. The van der Waals surface area contributed by atoms with Crippen LogP contribution in [0.3, 0.4) is 0 Å². The van der Waals surface area contributed by atoms with E-state index in [0.717, 1.165) is 47.4 Å². The molecule has 54 heavy (non-hydrogen) atoms. The Bertz CT molecular complexity index is 2100. The van der Waals surface area contributed by atoms with Gasteiger partial charge in [0, 0.05) is 26.2 Å². The highest BCUT2D eigenvalue weighted by atomic mass is 35.5. The molecule has 9 N–H and O–H groups in total. The van der Waals surface area contributed by atoms with Crippen molar-refractivity contribution in [2.45, 2.75) is 18.4 Å². The van der Waals surface area contributed by atoms with E-state index in [0.29, 0.717) is 4.90 Å². The van der Waals surface area contributed by atoms with Crippen LogP contribution in [0.15, 0.2) is 48.5 Å². The molecule has 3 aromatic rings. The molecular weight excluding hydrogens is 763 g/mol. The molecule has 1 fully saturated rings. The van der Waals surface area contributed by atoms with E-state index < -0.39 is 101 Å². The Morgan fingerprint density at radius 1 is 1.02 bits per heavy atom. The van der Waals surface area contributed by atoms with Crippen LogP contribution in [0, 0.1) is 5.82 Å². The van der Waals surface area contributed by atoms with Crippen LogP contribution in [-0.4, -0.2) is 115 Å². The SMILES string of the molecule is O=C(NCCN1CCN(C(=O)NC(C(=O)N[C@H]2Cc3ccc(F)c(C(=O)O)c3OB2O)c2ccc(P(=O)(O)O)cc2)C(=O)C1=O)c1ccc(O)c(O)c1Cl. The number of carboxylic acids is 1. The Morgan fingerprint density at radius 3 is 2.35 bits per heavy atom. The van der Waals surface area contributed by atoms with Crippen LogP contribution < -0.4 is 25.9 Å². The molecule has 2 heterocycles. The fraction of sp³-hybridized carbons (Fsp3) is 0.226. The quantitative estimate of drug-likeness (QED) is 0.0536. The first-order valence-corrected chi connectivity index (χ1v) is 17.6. The van der Waals surface area contributed by atoms with E-state index in [9.17, 15) is 67.9 Å². The number of aromatic carboxylic acids is 1. The summed E-state index contributed by atoms with van der Waals surface area (Å²) in [6, 6.07) is 5.50. The minimum Gasteiger partial charge on any atom is -0.534 e. The second-order valence-corrected chi connectivity index (χ2v) is 13.8. The van der Waals surface area contributed by atoms with Gasteiger partial charge in [-0.15, -0.1) is 0 Å². The average Bonchev–Trinajstić information content (AvgIpc) is 3.11. The summed E-state index contributed by atoms with van der Waals surface area (Å²) in [5.74, 6) is -10.1. The third kappa shape index (κ3) is 8.24. The summed E-state index contributed by atoms with van der Waals surface area (Å²) < 4.78 is 31.2. The van der Waals surface area contributed by atoms with Crippen LogP contribution in [0.2, 0.25) is 5.02 Å². The van der Waals surface area contributed by atoms with Gasteiger partial charge in [-0.1, -0.05) is 29.8 Å². The Morgan fingerprint density at radius 2 is 1.70 bits per heavy atom. The molecule has 6 amide bonds. The number of aromatic hydroxyl groups is 2. The van der Waals surface area contributed by atoms with Gasteiger partial charge in [-0.25, -0.2) is 14.0 Å². The van der Waals surface area contributed by atoms with Gasteiger partial charge in [-0.3, -0.25) is 28.6 Å². The molecule has 23 heteroatoms. The minimum atomic E-state index is -4.73. The summed E-state index contributed by atoms with van der Waals surface area (Å²) in [7, 11) is -6.64. The van der Waals surface area contributed by atoms with Gasteiger partial charge in [0.05, 0.1) is 21.8 Å². The number of phenolic OH excluding ortho intramolecular Hbond substituents is 2. The first-order chi connectivity index (χ1) is 25.4. The molecule has 2 aliphatic heterocycles. The van der Waals surface area contributed by atoms with Crippen molar-refractivity contribution in [3.8, 4) is 17.2 Å². The number of amides is 6. The molecule has 1 unspecified atom stereocenters. The monoisotopic (exact) mass is 791 g/mol. The number of imide groups is 1. The predicted molar refractivity (Wildman–Crippen MR) is 182 cm³/mol. The van der Waals surface area contributed by atoms with Crippen molar-refractivity contribution in [2.75, 3.05) is 26.2 Å². The summed E-state index contributed by atoms with van der Waals surface area (Å²) in [5.41, 5.74) is -0.962. The number of carbonyl (C=O) groups excluding carboxylic acids is 5. The Kier molecular flexibility index (Phi) is 11.5. The van der Waals surface area contributed by atoms with Gasteiger partial charge < -0.3 is 55.6 Å². The summed E-state index contributed by atoms with van der Waals surface area (Å²) in [4.78, 5) is 97.7. The molecule has 0 radical (unpaired) electrons. The molecule has 0 spiro atoms. The third-order valence-corrected chi connectivity index (χ3v) is 9.76. The Balaban J connectivity index is 1.28. The van der Waals surface area contributed by atoms with E-state index in [2.05, 4.69) is 16.0 Å². The summed E-state index contributed by atoms with van der Waals surface area (Å²) in [5, 5.41) is 45.6. The molecule has 0 aliphatic carbocycles. The number of hydrogen-bond acceptors (Lipinski definition) is 11. The second-order valence-electron chi connectivity index (χ2n) is 11.9. The fourth-order valence-electron chi connectivity index (χ4n) is 5.60. The molecule has 284 valence electrons. The number of hydrogen-bond donors (Lipinski definition) is 9. The third-order valence-electron chi connectivity index (χ3n) is 8.41. The van der Waals surface area contributed by atoms with Crippen molar-refractivity contribution in [1.29, 1.82) is 0 Å². The Labute approximate surface area is 308 Å². The topological polar surface area (TPSA) is 293 Å². The molecule has 0 bridgehead atoms. The van der Waals surface area contributed by atoms with E-state index in [-0.39, 0.29) is 49.3 Å². The lowest BCUT2D eigenvalue weighted by atomic mass is 9.72. The van der Waals surface area contributed by atoms with Crippen LogP contribution in [-0.2, 0) is 25.4 Å². The van der Waals surface area contributed by atoms with Crippen LogP contribution >= 0.6 is 19.2 Å². The lowest BCUT2D eigenvalue weighted by Gasteiger charge is -2.34. The molecule has 5 rings (SSSR count). The Hall–Kier alpha value is -5.73. The first-order valence-electron chi connectivity index (χ1n) is 15.6. The summed E-state index contributed by atoms with van der Waals surface area (Å²) in [6.45, 7) is -0.961. The molecule has 19 nitrogen and oxygen atoms in total. The van der Waals surface area contributed by atoms with Crippen LogP contribution in [0.5, 0.6) is 17.2 Å². The maximum atomic E-state index is 14.2. The van der Waals surface area contributed by atoms with E-state index in [1.165, 1.54) is 6.07 Å². The first kappa shape index (κ1) is 39.5. The van der Waals surface area contributed by atoms with Crippen LogP contribution in [0.25, 0.3) is 0 Å². The van der Waals surface area contributed by atoms with E-state index in [1.54, 1.807) is 0 Å². The number of nitrogens with zero attached hydrogens (tertiary/aromatic N) is 2. The highest BCUT2D eigenvalue weighted by Crippen LogP contribution is 2.36. The maximum Gasteiger partial charge on any atom is 0.547 e. The zero-order valence-electron chi connectivity index (χ0n) is 27.4. The number of halogens is 2. The normalized spacial score (nSPS) is 16.2. The highest BCUT2D eigenvalue weighted by Gasteiger charge is 2.42. The zero-order chi connectivity index (χ0) is 39.6. The van der Waals surface area contributed by atoms with E-state index in [1.807, 2.05) is 0 Å². The van der Waals surface area contributed by atoms with Gasteiger partial charge in [0.15, 0.2) is 11.5 Å². The highest BCUT2D eigenvalue weighted by molar-refractivity contribution is 7.60.